The summed E-state index contributed by atoms with van der Waals surface area (Å²) in [5.74, 6) is -1.99. The minimum absolute atomic E-state index is 0.0308. The van der Waals surface area contributed by atoms with E-state index in [0.29, 0.717) is 0 Å². The topological polar surface area (TPSA) is 37.3 Å². The molecule has 2 nitrogen and oxygen atoms in total. The highest BCUT2D eigenvalue weighted by atomic mass is 32.2. The minimum atomic E-state index is -4.28. The maximum absolute atomic E-state index is 11.8. The molecular formula is C9H15F3O2S. The minimum Gasteiger partial charge on any atom is -0.481 e. The van der Waals surface area contributed by atoms with Gasteiger partial charge >= 0.3 is 11.5 Å². The second kappa shape index (κ2) is 5.09. The Morgan fingerprint density at radius 1 is 1.33 bits per heavy atom. The van der Waals surface area contributed by atoms with E-state index in [0.717, 1.165) is 0 Å². The number of carboxylic acids is 1. The number of hydrogen-bond acceptors (Lipinski definition) is 2. The summed E-state index contributed by atoms with van der Waals surface area (Å²) >= 11 is -0.168. The first-order chi connectivity index (χ1) is 6.54. The fraction of sp³-hybridized carbons (Fsp3) is 0.889. The Kier molecular flexibility index (Phi) is 4.96. The lowest BCUT2D eigenvalue weighted by molar-refractivity contribution is -0.145. The molecule has 0 radical (unpaired) electrons. The van der Waals surface area contributed by atoms with Crippen molar-refractivity contribution in [2.75, 3.05) is 5.75 Å². The molecule has 1 atom stereocenters. The SMILES string of the molecule is CC(C)(C)C(CCSC(F)(F)F)C(=O)O. The molecule has 6 heteroatoms. The van der Waals surface area contributed by atoms with Crippen molar-refractivity contribution >= 4 is 17.7 Å². The Balaban J connectivity index is 4.17. The third-order valence-electron chi connectivity index (χ3n) is 2.02. The average molecular weight is 244 g/mol. The van der Waals surface area contributed by atoms with Crippen LogP contribution in [0.4, 0.5) is 13.2 Å². The van der Waals surface area contributed by atoms with Crippen molar-refractivity contribution in [2.45, 2.75) is 32.7 Å². The van der Waals surface area contributed by atoms with E-state index in [4.69, 9.17) is 5.11 Å². The molecule has 0 heterocycles. The van der Waals surface area contributed by atoms with Gasteiger partial charge in [0, 0.05) is 5.75 Å². The van der Waals surface area contributed by atoms with Crippen LogP contribution in [0.2, 0.25) is 0 Å². The molecule has 0 aromatic rings. The molecule has 0 rings (SSSR count). The molecule has 0 aromatic carbocycles. The van der Waals surface area contributed by atoms with Gasteiger partial charge in [0.15, 0.2) is 0 Å². The van der Waals surface area contributed by atoms with Gasteiger partial charge in [0.2, 0.25) is 0 Å². The van der Waals surface area contributed by atoms with Crippen LogP contribution in [0, 0.1) is 11.3 Å². The molecule has 0 aromatic heterocycles. The Bertz CT molecular complexity index is 220. The smallest absolute Gasteiger partial charge is 0.441 e. The number of halogens is 3. The largest absolute Gasteiger partial charge is 0.481 e. The van der Waals surface area contributed by atoms with Gasteiger partial charge in [0.25, 0.3) is 0 Å². The third kappa shape index (κ3) is 6.65. The first kappa shape index (κ1) is 14.6. The van der Waals surface area contributed by atoms with Gasteiger partial charge in [-0.15, -0.1) is 0 Å². The lowest BCUT2D eigenvalue weighted by Gasteiger charge is -2.26. The molecule has 0 amide bonds. The molecule has 1 N–H and O–H groups in total. The van der Waals surface area contributed by atoms with E-state index in [1.807, 2.05) is 0 Å². The predicted molar refractivity (Wildman–Crippen MR) is 53.7 cm³/mol. The second-order valence-electron chi connectivity index (χ2n) is 4.34. The van der Waals surface area contributed by atoms with Gasteiger partial charge in [-0.25, -0.2) is 0 Å². The van der Waals surface area contributed by atoms with Crippen LogP contribution in [0.25, 0.3) is 0 Å². The van der Waals surface area contributed by atoms with Crippen LogP contribution in [0.5, 0.6) is 0 Å². The van der Waals surface area contributed by atoms with E-state index >= 15 is 0 Å². The summed E-state index contributed by atoms with van der Waals surface area (Å²) in [6, 6.07) is 0. The maximum Gasteiger partial charge on any atom is 0.441 e. The van der Waals surface area contributed by atoms with Crippen molar-refractivity contribution in [1.82, 2.24) is 0 Å². The van der Waals surface area contributed by atoms with Crippen LogP contribution in [0.1, 0.15) is 27.2 Å². The molecule has 0 aliphatic rings. The van der Waals surface area contributed by atoms with Crippen molar-refractivity contribution in [3.8, 4) is 0 Å². The van der Waals surface area contributed by atoms with E-state index in [-0.39, 0.29) is 23.9 Å². The second-order valence-corrected chi connectivity index (χ2v) is 5.50. The summed E-state index contributed by atoms with van der Waals surface area (Å²) in [5, 5.41) is 8.85. The van der Waals surface area contributed by atoms with Gasteiger partial charge < -0.3 is 5.11 Å². The van der Waals surface area contributed by atoms with Crippen LogP contribution in [-0.2, 0) is 4.79 Å². The summed E-state index contributed by atoms with van der Waals surface area (Å²) in [4.78, 5) is 10.8. The first-order valence-corrected chi connectivity index (χ1v) is 5.46. The number of hydrogen-bond donors (Lipinski definition) is 1. The molecule has 0 bridgehead atoms. The molecule has 0 aliphatic heterocycles. The number of carboxylic acid groups (broad SMARTS) is 1. The van der Waals surface area contributed by atoms with Crippen LogP contribution in [0.15, 0.2) is 0 Å². The van der Waals surface area contributed by atoms with Gasteiger partial charge in [-0.1, -0.05) is 32.5 Å². The molecule has 0 saturated carbocycles. The van der Waals surface area contributed by atoms with Gasteiger partial charge in [0.1, 0.15) is 0 Å². The molecule has 0 saturated heterocycles. The fourth-order valence-electron chi connectivity index (χ4n) is 1.22. The number of aliphatic carboxylic acids is 1. The number of rotatable bonds is 4. The zero-order valence-corrected chi connectivity index (χ0v) is 9.71. The quantitative estimate of drug-likeness (QED) is 0.823. The molecule has 0 fully saturated rings. The van der Waals surface area contributed by atoms with Crippen molar-refractivity contribution in [3.05, 3.63) is 0 Å². The van der Waals surface area contributed by atoms with E-state index in [1.54, 1.807) is 20.8 Å². The van der Waals surface area contributed by atoms with E-state index in [1.165, 1.54) is 0 Å². The van der Waals surface area contributed by atoms with Crippen LogP contribution < -0.4 is 0 Å². The molecule has 0 spiro atoms. The van der Waals surface area contributed by atoms with Crippen molar-refractivity contribution in [1.29, 1.82) is 0 Å². The Hall–Kier alpha value is -0.390. The summed E-state index contributed by atoms with van der Waals surface area (Å²) in [5.41, 5.74) is -4.79. The van der Waals surface area contributed by atoms with E-state index < -0.39 is 22.8 Å². The lowest BCUT2D eigenvalue weighted by atomic mass is 9.79. The molecule has 1 unspecified atom stereocenters. The van der Waals surface area contributed by atoms with Gasteiger partial charge in [-0.05, 0) is 11.8 Å². The Labute approximate surface area is 91.2 Å². The van der Waals surface area contributed by atoms with Crippen LogP contribution in [-0.4, -0.2) is 22.3 Å². The van der Waals surface area contributed by atoms with Crippen molar-refractivity contribution < 1.29 is 23.1 Å². The third-order valence-corrected chi connectivity index (χ3v) is 2.78. The standard InChI is InChI=1S/C9H15F3O2S/c1-8(2,3)6(7(13)14)4-5-15-9(10,11)12/h6H,4-5H2,1-3H3,(H,13,14). The average Bonchev–Trinajstić information content (AvgIpc) is 1.92. The molecule has 90 valence electrons. The van der Waals surface area contributed by atoms with Gasteiger partial charge in [-0.3, -0.25) is 4.79 Å². The van der Waals surface area contributed by atoms with Gasteiger partial charge in [-0.2, -0.15) is 13.2 Å². The highest BCUT2D eigenvalue weighted by Gasteiger charge is 2.33. The summed E-state index contributed by atoms with van der Waals surface area (Å²) in [6.07, 6.45) is 0.0308. The Morgan fingerprint density at radius 2 is 1.80 bits per heavy atom. The van der Waals surface area contributed by atoms with Gasteiger partial charge in [0.05, 0.1) is 5.92 Å². The molecule has 15 heavy (non-hydrogen) atoms. The lowest BCUT2D eigenvalue weighted by Crippen LogP contribution is -2.29. The van der Waals surface area contributed by atoms with Crippen molar-refractivity contribution in [2.24, 2.45) is 11.3 Å². The summed E-state index contributed by atoms with van der Waals surface area (Å²) in [7, 11) is 0. The molecular weight excluding hydrogens is 229 g/mol. The number of alkyl halides is 3. The summed E-state index contributed by atoms with van der Waals surface area (Å²) in [6.45, 7) is 5.14. The molecule has 0 aliphatic carbocycles. The zero-order chi connectivity index (χ0) is 12.3. The van der Waals surface area contributed by atoms with Crippen LogP contribution in [0.3, 0.4) is 0 Å². The zero-order valence-electron chi connectivity index (χ0n) is 8.89. The highest BCUT2D eigenvalue weighted by molar-refractivity contribution is 8.00. The monoisotopic (exact) mass is 244 g/mol. The van der Waals surface area contributed by atoms with Crippen LogP contribution >= 0.6 is 11.8 Å². The van der Waals surface area contributed by atoms with Crippen molar-refractivity contribution in [3.63, 3.8) is 0 Å². The fourth-order valence-corrected chi connectivity index (χ4v) is 1.80. The highest BCUT2D eigenvalue weighted by Crippen LogP contribution is 2.35. The maximum atomic E-state index is 11.8. The normalized spacial score (nSPS) is 15.1. The summed E-state index contributed by atoms with van der Waals surface area (Å²) < 4.78 is 35.5. The number of carbonyl (C=O) groups is 1. The predicted octanol–water partition coefficient (Wildman–Crippen LogP) is 3.38. The first-order valence-electron chi connectivity index (χ1n) is 4.47. The number of thioether (sulfide) groups is 1. The van der Waals surface area contributed by atoms with E-state index in [2.05, 4.69) is 0 Å². The Morgan fingerprint density at radius 3 is 2.07 bits per heavy atom. The van der Waals surface area contributed by atoms with E-state index in [9.17, 15) is 18.0 Å².